The van der Waals surface area contributed by atoms with Gasteiger partial charge in [0.05, 0.1) is 40.5 Å². The summed E-state index contributed by atoms with van der Waals surface area (Å²) in [5.74, 6) is 2.00. The van der Waals surface area contributed by atoms with Crippen molar-refractivity contribution in [3.05, 3.63) is 82.9 Å². The van der Waals surface area contributed by atoms with E-state index in [1.54, 1.807) is 37.3 Å². The van der Waals surface area contributed by atoms with Crippen LogP contribution in [0.5, 0.6) is 17.2 Å². The molecule has 0 aromatic heterocycles. The maximum atomic E-state index is 13.0. The van der Waals surface area contributed by atoms with Crippen LogP contribution in [-0.2, 0) is 24.5 Å². The minimum Gasteiger partial charge on any atom is -0.497 e. The molecule has 2 amide bonds. The van der Waals surface area contributed by atoms with E-state index in [9.17, 15) is 4.79 Å². The van der Waals surface area contributed by atoms with Crippen molar-refractivity contribution in [2.24, 2.45) is 0 Å². The average Bonchev–Trinajstić information content (AvgIpc) is 3.07. The van der Waals surface area contributed by atoms with Gasteiger partial charge in [0.15, 0.2) is 0 Å². The van der Waals surface area contributed by atoms with Crippen LogP contribution >= 0.6 is 0 Å². The summed E-state index contributed by atoms with van der Waals surface area (Å²) in [5.41, 5.74) is 4.96. The molecule has 0 aliphatic carbocycles. The van der Waals surface area contributed by atoms with E-state index < -0.39 is 0 Å². The number of benzene rings is 3. The van der Waals surface area contributed by atoms with Crippen LogP contribution in [-0.4, -0.2) is 38.3 Å². The third-order valence-corrected chi connectivity index (χ3v) is 5.65. The summed E-state index contributed by atoms with van der Waals surface area (Å²) in [6, 6.07) is 19.4. The first-order valence-corrected chi connectivity index (χ1v) is 11.2. The van der Waals surface area contributed by atoms with Crippen LogP contribution in [0.25, 0.3) is 0 Å². The third-order valence-electron chi connectivity index (χ3n) is 5.65. The molecule has 7 nitrogen and oxygen atoms in total. The summed E-state index contributed by atoms with van der Waals surface area (Å²) in [6.07, 6.45) is 0. The number of amides is 2. The summed E-state index contributed by atoms with van der Waals surface area (Å²) in [4.78, 5) is 14.8. The molecule has 0 atom stereocenters. The van der Waals surface area contributed by atoms with Crippen LogP contribution < -0.4 is 19.5 Å². The number of methoxy groups -OCH3 is 2. The minimum atomic E-state index is -0.215. The largest absolute Gasteiger partial charge is 0.497 e. The highest BCUT2D eigenvalue weighted by Crippen LogP contribution is 2.28. The summed E-state index contributed by atoms with van der Waals surface area (Å²) < 4.78 is 22.4. The predicted molar refractivity (Wildman–Crippen MR) is 131 cm³/mol. The lowest BCUT2D eigenvalue weighted by atomic mass is 10.1. The van der Waals surface area contributed by atoms with Crippen molar-refractivity contribution in [1.29, 1.82) is 0 Å². The van der Waals surface area contributed by atoms with Crippen LogP contribution in [0.2, 0.25) is 0 Å². The Balaban J connectivity index is 1.40. The first kappa shape index (κ1) is 23.4. The SMILES string of the molecule is COc1cc(NC(=O)N2CCOc3ccc(COCc4ccc(C)cc4)cc3C2)cc(OC)c1. The fourth-order valence-corrected chi connectivity index (χ4v) is 3.76. The Hall–Kier alpha value is -3.71. The van der Waals surface area contributed by atoms with Gasteiger partial charge in [0.25, 0.3) is 0 Å². The predicted octanol–water partition coefficient (Wildman–Crippen LogP) is 5.16. The van der Waals surface area contributed by atoms with Crippen molar-refractivity contribution >= 4 is 11.7 Å². The molecule has 178 valence electrons. The van der Waals surface area contributed by atoms with Crippen LogP contribution in [0.3, 0.4) is 0 Å². The number of fused-ring (bicyclic) bond motifs is 1. The van der Waals surface area contributed by atoms with Gasteiger partial charge in [0.1, 0.15) is 23.9 Å². The van der Waals surface area contributed by atoms with Crippen molar-refractivity contribution in [1.82, 2.24) is 4.90 Å². The van der Waals surface area contributed by atoms with Crippen LogP contribution in [0.15, 0.2) is 60.7 Å². The molecular weight excluding hydrogens is 432 g/mol. The number of hydrogen-bond acceptors (Lipinski definition) is 5. The molecule has 0 saturated carbocycles. The number of aryl methyl sites for hydroxylation is 1. The second-order valence-electron chi connectivity index (χ2n) is 8.22. The van der Waals surface area contributed by atoms with Gasteiger partial charge < -0.3 is 29.2 Å². The summed E-state index contributed by atoms with van der Waals surface area (Å²) >= 11 is 0. The number of ether oxygens (including phenoxy) is 4. The van der Waals surface area contributed by atoms with Crippen molar-refractivity contribution in [2.75, 3.05) is 32.7 Å². The van der Waals surface area contributed by atoms with Gasteiger partial charge in [-0.05, 0) is 30.2 Å². The number of urea groups is 1. The van der Waals surface area contributed by atoms with E-state index in [1.165, 1.54) is 5.56 Å². The molecule has 4 rings (SSSR count). The fourth-order valence-electron chi connectivity index (χ4n) is 3.76. The maximum Gasteiger partial charge on any atom is 0.322 e. The van der Waals surface area contributed by atoms with Crippen molar-refractivity contribution in [2.45, 2.75) is 26.7 Å². The highest BCUT2D eigenvalue weighted by Gasteiger charge is 2.21. The zero-order valence-corrected chi connectivity index (χ0v) is 19.8. The molecule has 3 aromatic rings. The molecule has 0 radical (unpaired) electrons. The van der Waals surface area contributed by atoms with E-state index in [1.807, 2.05) is 18.2 Å². The van der Waals surface area contributed by atoms with E-state index in [-0.39, 0.29) is 6.03 Å². The van der Waals surface area contributed by atoms with E-state index >= 15 is 0 Å². The zero-order valence-electron chi connectivity index (χ0n) is 19.8. The van der Waals surface area contributed by atoms with Gasteiger partial charge in [-0.25, -0.2) is 4.79 Å². The topological polar surface area (TPSA) is 69.3 Å². The normalized spacial score (nSPS) is 12.9. The maximum absolute atomic E-state index is 13.0. The van der Waals surface area contributed by atoms with Gasteiger partial charge >= 0.3 is 6.03 Å². The summed E-state index contributed by atoms with van der Waals surface area (Å²) in [6.45, 7) is 4.43. The Labute approximate surface area is 200 Å². The lowest BCUT2D eigenvalue weighted by Gasteiger charge is -2.21. The summed E-state index contributed by atoms with van der Waals surface area (Å²) in [7, 11) is 3.15. The first-order valence-electron chi connectivity index (χ1n) is 11.2. The first-order chi connectivity index (χ1) is 16.5. The molecule has 0 fully saturated rings. The van der Waals surface area contributed by atoms with E-state index in [0.29, 0.717) is 50.1 Å². The molecule has 0 bridgehead atoms. The van der Waals surface area contributed by atoms with E-state index in [4.69, 9.17) is 18.9 Å². The van der Waals surface area contributed by atoms with Crippen molar-refractivity contribution in [3.63, 3.8) is 0 Å². The number of carbonyl (C=O) groups excluding carboxylic acids is 1. The molecule has 7 heteroatoms. The van der Waals surface area contributed by atoms with Crippen molar-refractivity contribution in [3.8, 4) is 17.2 Å². The van der Waals surface area contributed by atoms with Gasteiger partial charge in [-0.2, -0.15) is 0 Å². The Bertz CT molecular complexity index is 1110. The highest BCUT2D eigenvalue weighted by atomic mass is 16.5. The average molecular weight is 463 g/mol. The van der Waals surface area contributed by atoms with Crippen LogP contribution in [0.4, 0.5) is 10.5 Å². The standard InChI is InChI=1S/C27H30N2O5/c1-19-4-6-20(7-5-19)17-33-18-21-8-9-26-22(12-21)16-29(10-11-34-26)27(30)28-23-13-24(31-2)15-25(14-23)32-3/h4-9,12-15H,10-11,16-18H2,1-3H3,(H,28,30). The Kier molecular flexibility index (Phi) is 7.54. The highest BCUT2D eigenvalue weighted by molar-refractivity contribution is 5.90. The quantitative estimate of drug-likeness (QED) is 0.526. The van der Waals surface area contributed by atoms with Gasteiger partial charge in [0.2, 0.25) is 0 Å². The molecule has 1 aliphatic rings. The lowest BCUT2D eigenvalue weighted by Crippen LogP contribution is -2.36. The van der Waals surface area contributed by atoms with Crippen LogP contribution in [0, 0.1) is 6.92 Å². The number of hydrogen-bond donors (Lipinski definition) is 1. The number of rotatable bonds is 7. The number of anilines is 1. The number of carbonyl (C=O) groups is 1. The molecule has 34 heavy (non-hydrogen) atoms. The smallest absolute Gasteiger partial charge is 0.322 e. The third kappa shape index (κ3) is 5.99. The van der Waals surface area contributed by atoms with Gasteiger partial charge in [0, 0.05) is 29.4 Å². The molecule has 1 N–H and O–H groups in total. The van der Waals surface area contributed by atoms with Crippen LogP contribution in [0.1, 0.15) is 22.3 Å². The van der Waals surface area contributed by atoms with E-state index in [2.05, 4.69) is 36.5 Å². The molecule has 3 aromatic carbocycles. The molecule has 0 unspecified atom stereocenters. The zero-order chi connectivity index (χ0) is 23.9. The Morgan fingerprint density at radius 3 is 2.32 bits per heavy atom. The Morgan fingerprint density at radius 2 is 1.62 bits per heavy atom. The summed E-state index contributed by atoms with van der Waals surface area (Å²) in [5, 5.41) is 2.94. The molecule has 0 saturated heterocycles. The molecule has 1 heterocycles. The van der Waals surface area contributed by atoms with Crippen molar-refractivity contribution < 1.29 is 23.7 Å². The molecule has 1 aliphatic heterocycles. The number of nitrogens with one attached hydrogen (secondary N) is 1. The second-order valence-corrected chi connectivity index (χ2v) is 8.22. The number of nitrogens with zero attached hydrogens (tertiary/aromatic N) is 1. The second kappa shape index (κ2) is 10.9. The monoisotopic (exact) mass is 462 g/mol. The molecule has 0 spiro atoms. The van der Waals surface area contributed by atoms with Gasteiger partial charge in [-0.15, -0.1) is 0 Å². The van der Waals surface area contributed by atoms with Gasteiger partial charge in [-0.1, -0.05) is 35.9 Å². The van der Waals surface area contributed by atoms with E-state index in [0.717, 1.165) is 22.4 Å². The molecular formula is C27H30N2O5. The minimum absolute atomic E-state index is 0.215. The fraction of sp³-hybridized carbons (Fsp3) is 0.296. The lowest BCUT2D eigenvalue weighted by molar-refractivity contribution is 0.107. The Morgan fingerprint density at radius 1 is 0.941 bits per heavy atom. The van der Waals surface area contributed by atoms with Gasteiger partial charge in [-0.3, -0.25) is 0 Å².